The Morgan fingerprint density at radius 2 is 1.68 bits per heavy atom. The van der Waals surface area contributed by atoms with E-state index in [1.54, 1.807) is 12.1 Å². The van der Waals surface area contributed by atoms with Gasteiger partial charge in [0.25, 0.3) is 0 Å². The fraction of sp³-hybridized carbons (Fsp3) is 0.150. The Morgan fingerprint density at radius 3 is 2.32 bits per heavy atom. The van der Waals surface area contributed by atoms with Gasteiger partial charge in [0.2, 0.25) is 5.91 Å². The molecular formula is C20H20N4O. The summed E-state index contributed by atoms with van der Waals surface area (Å²) in [6.45, 7) is 4.54. The Kier molecular flexibility index (Phi) is 4.75. The van der Waals surface area contributed by atoms with E-state index in [2.05, 4.69) is 46.5 Å². The van der Waals surface area contributed by atoms with Crippen LogP contribution in [0.4, 0.5) is 5.82 Å². The summed E-state index contributed by atoms with van der Waals surface area (Å²) in [5.74, 6) is 1.06. The number of hydrogen-bond acceptors (Lipinski definition) is 4. The van der Waals surface area contributed by atoms with Gasteiger partial charge in [-0.15, -0.1) is 0 Å². The lowest BCUT2D eigenvalue weighted by Gasteiger charge is -2.09. The van der Waals surface area contributed by atoms with Gasteiger partial charge in [0, 0.05) is 23.7 Å². The van der Waals surface area contributed by atoms with Crippen molar-refractivity contribution >= 4 is 11.7 Å². The third-order valence-corrected chi connectivity index (χ3v) is 3.90. The number of rotatable bonds is 5. The molecule has 0 spiro atoms. The summed E-state index contributed by atoms with van der Waals surface area (Å²) in [5, 5.41) is 3.30. The van der Waals surface area contributed by atoms with E-state index in [0.29, 0.717) is 17.9 Å². The number of benzene rings is 2. The van der Waals surface area contributed by atoms with Gasteiger partial charge < -0.3 is 11.1 Å². The highest BCUT2D eigenvalue weighted by Crippen LogP contribution is 2.20. The molecule has 1 amide bonds. The highest BCUT2D eigenvalue weighted by Gasteiger charge is 2.05. The predicted molar refractivity (Wildman–Crippen MR) is 99.2 cm³/mol. The molecule has 0 aliphatic heterocycles. The highest BCUT2D eigenvalue weighted by molar-refractivity contribution is 5.92. The molecule has 0 atom stereocenters. The largest absolute Gasteiger partial charge is 0.366 e. The Hall–Kier alpha value is -3.21. The first-order valence-corrected chi connectivity index (χ1v) is 8.06. The number of carbonyl (C=O) groups is 1. The van der Waals surface area contributed by atoms with Crippen molar-refractivity contribution in [3.8, 4) is 11.3 Å². The molecule has 0 unspecified atom stereocenters. The molecule has 3 rings (SSSR count). The van der Waals surface area contributed by atoms with Crippen LogP contribution in [-0.4, -0.2) is 15.9 Å². The fourth-order valence-corrected chi connectivity index (χ4v) is 2.51. The molecule has 2 aromatic carbocycles. The number of hydrogen-bond donors (Lipinski definition) is 2. The molecule has 1 aromatic heterocycles. The average Bonchev–Trinajstić information content (AvgIpc) is 2.60. The van der Waals surface area contributed by atoms with Gasteiger partial charge in [-0.05, 0) is 31.5 Å². The first-order chi connectivity index (χ1) is 12.0. The smallest absolute Gasteiger partial charge is 0.248 e. The second-order valence-electron chi connectivity index (χ2n) is 5.97. The lowest BCUT2D eigenvalue weighted by atomic mass is 10.1. The fourth-order valence-electron chi connectivity index (χ4n) is 2.51. The van der Waals surface area contributed by atoms with Gasteiger partial charge >= 0.3 is 0 Å². The van der Waals surface area contributed by atoms with E-state index < -0.39 is 5.91 Å². The van der Waals surface area contributed by atoms with Crippen LogP contribution in [0.5, 0.6) is 0 Å². The van der Waals surface area contributed by atoms with Gasteiger partial charge in [-0.25, -0.2) is 9.97 Å². The lowest BCUT2D eigenvalue weighted by molar-refractivity contribution is 0.100. The molecule has 0 saturated carbocycles. The maximum atomic E-state index is 11.1. The summed E-state index contributed by atoms with van der Waals surface area (Å²) < 4.78 is 0. The van der Waals surface area contributed by atoms with Crippen LogP contribution in [0.3, 0.4) is 0 Å². The van der Waals surface area contributed by atoms with Crippen LogP contribution >= 0.6 is 0 Å². The number of anilines is 1. The molecule has 0 bridgehead atoms. The van der Waals surface area contributed by atoms with Crippen LogP contribution < -0.4 is 11.1 Å². The van der Waals surface area contributed by atoms with E-state index >= 15 is 0 Å². The maximum Gasteiger partial charge on any atom is 0.248 e. The molecule has 0 saturated heterocycles. The molecule has 5 heteroatoms. The highest BCUT2D eigenvalue weighted by atomic mass is 16.1. The van der Waals surface area contributed by atoms with Gasteiger partial charge in [0.1, 0.15) is 11.6 Å². The van der Waals surface area contributed by atoms with E-state index in [1.807, 2.05) is 25.1 Å². The summed E-state index contributed by atoms with van der Waals surface area (Å²) in [4.78, 5) is 20.1. The van der Waals surface area contributed by atoms with Crippen molar-refractivity contribution in [2.45, 2.75) is 20.4 Å². The topological polar surface area (TPSA) is 80.9 Å². The number of carbonyl (C=O) groups excluding carboxylic acids is 1. The molecule has 1 heterocycles. The van der Waals surface area contributed by atoms with Crippen LogP contribution in [0.25, 0.3) is 11.3 Å². The minimum Gasteiger partial charge on any atom is -0.366 e. The lowest BCUT2D eigenvalue weighted by Crippen LogP contribution is -2.11. The SMILES string of the molecule is Cc1ccc(-c2cc(NCc3ccc(C(N)=O)cc3)nc(C)n2)cc1. The van der Waals surface area contributed by atoms with E-state index in [1.165, 1.54) is 5.56 Å². The Balaban J connectivity index is 1.76. The minimum atomic E-state index is -0.423. The quantitative estimate of drug-likeness (QED) is 0.749. The van der Waals surface area contributed by atoms with Crippen molar-refractivity contribution in [1.82, 2.24) is 9.97 Å². The van der Waals surface area contributed by atoms with Crippen molar-refractivity contribution in [3.05, 3.63) is 77.1 Å². The number of nitrogens with zero attached hydrogens (tertiary/aromatic N) is 2. The number of nitrogens with one attached hydrogen (secondary N) is 1. The molecule has 3 aromatic rings. The zero-order valence-electron chi connectivity index (χ0n) is 14.3. The van der Waals surface area contributed by atoms with E-state index in [9.17, 15) is 4.79 Å². The summed E-state index contributed by atoms with van der Waals surface area (Å²) in [6, 6.07) is 17.4. The monoisotopic (exact) mass is 332 g/mol. The van der Waals surface area contributed by atoms with E-state index in [4.69, 9.17) is 5.73 Å². The second-order valence-corrected chi connectivity index (χ2v) is 5.97. The molecule has 0 fully saturated rings. The number of aryl methyl sites for hydroxylation is 2. The first kappa shape index (κ1) is 16.6. The zero-order chi connectivity index (χ0) is 17.8. The Labute approximate surface area is 146 Å². The number of nitrogens with two attached hydrogens (primary N) is 1. The van der Waals surface area contributed by atoms with Gasteiger partial charge in [-0.2, -0.15) is 0 Å². The Morgan fingerprint density at radius 1 is 1.00 bits per heavy atom. The molecule has 0 aliphatic carbocycles. The normalized spacial score (nSPS) is 10.5. The molecule has 5 nitrogen and oxygen atoms in total. The van der Waals surface area contributed by atoms with Crippen LogP contribution in [0.2, 0.25) is 0 Å². The van der Waals surface area contributed by atoms with Crippen molar-refractivity contribution < 1.29 is 4.79 Å². The van der Waals surface area contributed by atoms with Crippen molar-refractivity contribution in [2.24, 2.45) is 5.73 Å². The standard InChI is InChI=1S/C20H20N4O/c1-13-3-7-16(8-4-13)18-11-19(24-14(2)23-18)22-12-15-5-9-17(10-6-15)20(21)25/h3-11H,12H2,1-2H3,(H2,21,25)(H,22,23,24). The van der Waals surface area contributed by atoms with Crippen molar-refractivity contribution in [1.29, 1.82) is 0 Å². The second kappa shape index (κ2) is 7.13. The van der Waals surface area contributed by atoms with Gasteiger partial charge in [-0.3, -0.25) is 4.79 Å². The molecule has 126 valence electrons. The molecule has 3 N–H and O–H groups in total. The van der Waals surface area contributed by atoms with Crippen LogP contribution in [0, 0.1) is 13.8 Å². The Bertz CT molecular complexity index is 887. The molecule has 25 heavy (non-hydrogen) atoms. The van der Waals surface area contributed by atoms with Gasteiger partial charge in [0.15, 0.2) is 0 Å². The predicted octanol–water partition coefficient (Wildman–Crippen LogP) is 3.47. The third kappa shape index (κ3) is 4.20. The minimum absolute atomic E-state index is 0.423. The summed E-state index contributed by atoms with van der Waals surface area (Å²) in [7, 11) is 0. The molecular weight excluding hydrogens is 312 g/mol. The zero-order valence-corrected chi connectivity index (χ0v) is 14.3. The number of aromatic nitrogens is 2. The molecule has 0 radical (unpaired) electrons. The third-order valence-electron chi connectivity index (χ3n) is 3.90. The van der Waals surface area contributed by atoms with Gasteiger partial charge in [0.05, 0.1) is 5.69 Å². The van der Waals surface area contributed by atoms with E-state index in [-0.39, 0.29) is 0 Å². The average molecular weight is 332 g/mol. The van der Waals surface area contributed by atoms with Crippen molar-refractivity contribution in [2.75, 3.05) is 5.32 Å². The molecule has 0 aliphatic rings. The van der Waals surface area contributed by atoms with Crippen LogP contribution in [-0.2, 0) is 6.54 Å². The summed E-state index contributed by atoms with van der Waals surface area (Å²) in [6.07, 6.45) is 0. The number of primary amides is 1. The summed E-state index contributed by atoms with van der Waals surface area (Å²) in [5.41, 5.74) is 9.96. The van der Waals surface area contributed by atoms with E-state index in [0.717, 1.165) is 22.6 Å². The van der Waals surface area contributed by atoms with Crippen LogP contribution in [0.15, 0.2) is 54.6 Å². The van der Waals surface area contributed by atoms with Gasteiger partial charge in [-0.1, -0.05) is 42.0 Å². The number of amides is 1. The first-order valence-electron chi connectivity index (χ1n) is 8.06. The summed E-state index contributed by atoms with van der Waals surface area (Å²) >= 11 is 0. The van der Waals surface area contributed by atoms with Crippen LogP contribution in [0.1, 0.15) is 27.3 Å². The maximum absolute atomic E-state index is 11.1. The van der Waals surface area contributed by atoms with Crippen molar-refractivity contribution in [3.63, 3.8) is 0 Å².